The molecule has 2 heterocycles. The molecule has 0 saturated heterocycles. The minimum atomic E-state index is -3.66. The third-order valence-corrected chi connectivity index (χ3v) is 7.12. The molecule has 0 bridgehead atoms. The number of carbonyl (C=O) groups is 2. The van der Waals surface area contributed by atoms with Crippen LogP contribution in [0.15, 0.2) is 73.2 Å². The van der Waals surface area contributed by atoms with Crippen LogP contribution >= 0.6 is 0 Å². The molecule has 0 fully saturated rings. The van der Waals surface area contributed by atoms with E-state index in [2.05, 4.69) is 25.3 Å². The monoisotopic (exact) mass is 617 g/mol. The maximum absolute atomic E-state index is 13.5. The average molecular weight is 618 g/mol. The van der Waals surface area contributed by atoms with Gasteiger partial charge in [-0.1, -0.05) is 26.8 Å². The van der Waals surface area contributed by atoms with Gasteiger partial charge < -0.3 is 20.1 Å². The van der Waals surface area contributed by atoms with Gasteiger partial charge in [0.2, 0.25) is 10.0 Å². The number of rotatable bonds is 10. The Hall–Kier alpha value is -4.97. The van der Waals surface area contributed by atoms with E-state index < -0.39 is 27.3 Å². The zero-order valence-electron chi connectivity index (χ0n) is 25.4. The Labute approximate surface area is 257 Å². The third kappa shape index (κ3) is 8.32. The number of hydrogen-bond acceptors (Lipinski definition) is 8. The minimum absolute atomic E-state index is 0.0619. The fraction of sp³-hybridized carbons (Fsp3) is 0.250. The van der Waals surface area contributed by atoms with Crippen molar-refractivity contribution in [2.45, 2.75) is 39.7 Å². The van der Waals surface area contributed by atoms with Crippen LogP contribution in [0.4, 0.5) is 17.1 Å². The second kappa shape index (κ2) is 13.1. The molecule has 0 spiro atoms. The van der Waals surface area contributed by atoms with Gasteiger partial charge >= 0.3 is 0 Å². The summed E-state index contributed by atoms with van der Waals surface area (Å²) in [6.07, 6.45) is 5.89. The SMILES string of the molecule is COc1c(NS(C)(=O)=O)cc(C(C)(C)C)cc1C(=O)Nc1cnc(C)c(C(=O)Nc2ccc(OCc3cccnc3)cc2)c1. The number of hydrogen-bond donors (Lipinski definition) is 3. The molecular formula is C32H35N5O6S. The highest BCUT2D eigenvalue weighted by Gasteiger charge is 2.25. The number of nitrogens with zero attached hydrogens (tertiary/aromatic N) is 2. The predicted octanol–water partition coefficient (Wildman–Crippen LogP) is 5.55. The van der Waals surface area contributed by atoms with Gasteiger partial charge in [-0.05, 0) is 66.4 Å². The van der Waals surface area contributed by atoms with Crippen LogP contribution in [0.3, 0.4) is 0 Å². The van der Waals surface area contributed by atoms with Crippen LogP contribution in [0.1, 0.15) is 58.3 Å². The van der Waals surface area contributed by atoms with Crippen LogP contribution in [0.2, 0.25) is 0 Å². The number of aryl methyl sites for hydroxylation is 1. The highest BCUT2D eigenvalue weighted by molar-refractivity contribution is 7.92. The van der Waals surface area contributed by atoms with E-state index in [9.17, 15) is 18.0 Å². The van der Waals surface area contributed by atoms with Crippen molar-refractivity contribution in [3.8, 4) is 11.5 Å². The number of pyridine rings is 2. The molecule has 44 heavy (non-hydrogen) atoms. The number of ether oxygens (including phenoxy) is 2. The van der Waals surface area contributed by atoms with Crippen LogP contribution in [0, 0.1) is 6.92 Å². The van der Waals surface area contributed by atoms with E-state index in [1.807, 2.05) is 32.9 Å². The average Bonchev–Trinajstić information content (AvgIpc) is 2.96. The normalized spacial score (nSPS) is 11.4. The molecule has 0 saturated carbocycles. The molecule has 0 aliphatic rings. The van der Waals surface area contributed by atoms with Crippen LogP contribution < -0.4 is 24.8 Å². The molecule has 0 aliphatic heterocycles. The zero-order valence-corrected chi connectivity index (χ0v) is 26.2. The van der Waals surface area contributed by atoms with Gasteiger partial charge in [-0.3, -0.25) is 24.3 Å². The summed E-state index contributed by atoms with van der Waals surface area (Å²) < 4.78 is 37.8. The highest BCUT2D eigenvalue weighted by Crippen LogP contribution is 2.36. The van der Waals surface area contributed by atoms with Crippen molar-refractivity contribution in [2.24, 2.45) is 0 Å². The Morgan fingerprint density at radius 1 is 0.909 bits per heavy atom. The van der Waals surface area contributed by atoms with Crippen molar-refractivity contribution in [1.29, 1.82) is 0 Å². The first-order valence-corrected chi connectivity index (χ1v) is 15.5. The van der Waals surface area contributed by atoms with Crippen LogP contribution in [-0.4, -0.2) is 43.6 Å². The topological polar surface area (TPSA) is 149 Å². The summed E-state index contributed by atoms with van der Waals surface area (Å²) in [5.74, 6) is -0.285. The lowest BCUT2D eigenvalue weighted by Gasteiger charge is -2.23. The Bertz CT molecular complexity index is 1770. The molecule has 4 aromatic rings. The molecule has 0 unspecified atom stereocenters. The molecular weight excluding hydrogens is 582 g/mol. The molecule has 11 nitrogen and oxygen atoms in total. The van der Waals surface area contributed by atoms with Gasteiger partial charge in [-0.25, -0.2) is 8.42 Å². The van der Waals surface area contributed by atoms with Crippen molar-refractivity contribution in [3.63, 3.8) is 0 Å². The molecule has 0 radical (unpaired) electrons. The van der Waals surface area contributed by atoms with Crippen LogP contribution in [-0.2, 0) is 22.0 Å². The van der Waals surface area contributed by atoms with Crippen molar-refractivity contribution < 1.29 is 27.5 Å². The summed E-state index contributed by atoms with van der Waals surface area (Å²) in [5.41, 5.74) is 3.04. The van der Waals surface area contributed by atoms with Crippen molar-refractivity contribution in [3.05, 3.63) is 101 Å². The molecule has 2 amide bonds. The molecule has 4 rings (SSSR count). The smallest absolute Gasteiger partial charge is 0.259 e. The number of anilines is 3. The number of carbonyl (C=O) groups excluding carboxylic acids is 2. The van der Waals surface area contributed by atoms with E-state index in [1.54, 1.807) is 55.7 Å². The molecule has 3 N–H and O–H groups in total. The van der Waals surface area contributed by atoms with Gasteiger partial charge in [0.05, 0.1) is 47.8 Å². The summed E-state index contributed by atoms with van der Waals surface area (Å²) in [6.45, 7) is 7.88. The fourth-order valence-corrected chi connectivity index (χ4v) is 4.79. The molecule has 2 aromatic carbocycles. The van der Waals surface area contributed by atoms with Gasteiger partial charge in [0.1, 0.15) is 12.4 Å². The van der Waals surface area contributed by atoms with Gasteiger partial charge in [0.25, 0.3) is 11.8 Å². The first-order chi connectivity index (χ1) is 20.7. The Kier molecular flexibility index (Phi) is 9.53. The van der Waals surface area contributed by atoms with Crippen LogP contribution in [0.25, 0.3) is 0 Å². The number of sulfonamides is 1. The Morgan fingerprint density at radius 2 is 1.59 bits per heavy atom. The minimum Gasteiger partial charge on any atom is -0.494 e. The highest BCUT2D eigenvalue weighted by atomic mass is 32.2. The van der Waals surface area contributed by atoms with Gasteiger partial charge in [-0.2, -0.15) is 0 Å². The van der Waals surface area contributed by atoms with Crippen LogP contribution in [0.5, 0.6) is 11.5 Å². The Morgan fingerprint density at radius 3 is 2.20 bits per heavy atom. The molecule has 0 atom stereocenters. The zero-order chi connectivity index (χ0) is 32.1. The van der Waals surface area contributed by atoms with E-state index in [0.29, 0.717) is 29.3 Å². The number of aromatic nitrogens is 2. The lowest BCUT2D eigenvalue weighted by molar-refractivity contribution is 0.101. The summed E-state index contributed by atoms with van der Waals surface area (Å²) in [7, 11) is -2.31. The van der Waals surface area contributed by atoms with Crippen molar-refractivity contribution in [1.82, 2.24) is 9.97 Å². The maximum Gasteiger partial charge on any atom is 0.259 e. The van der Waals surface area contributed by atoms with E-state index in [-0.39, 0.29) is 28.3 Å². The number of methoxy groups -OCH3 is 1. The van der Waals surface area contributed by atoms with E-state index in [0.717, 1.165) is 11.8 Å². The van der Waals surface area contributed by atoms with Crippen molar-refractivity contribution in [2.75, 3.05) is 28.7 Å². The lowest BCUT2D eigenvalue weighted by Crippen LogP contribution is -2.20. The van der Waals surface area contributed by atoms with E-state index in [1.165, 1.54) is 19.4 Å². The van der Waals surface area contributed by atoms with Crippen molar-refractivity contribution >= 4 is 38.9 Å². The predicted molar refractivity (Wildman–Crippen MR) is 170 cm³/mol. The van der Waals surface area contributed by atoms with E-state index >= 15 is 0 Å². The summed E-state index contributed by atoms with van der Waals surface area (Å²) in [6, 6.07) is 15.5. The number of benzene rings is 2. The van der Waals surface area contributed by atoms with Gasteiger partial charge in [-0.15, -0.1) is 0 Å². The molecule has 12 heteroatoms. The summed E-state index contributed by atoms with van der Waals surface area (Å²) >= 11 is 0. The van der Waals surface area contributed by atoms with E-state index in [4.69, 9.17) is 9.47 Å². The Balaban J connectivity index is 1.52. The molecule has 230 valence electrons. The first-order valence-electron chi connectivity index (χ1n) is 13.6. The summed E-state index contributed by atoms with van der Waals surface area (Å²) in [4.78, 5) is 35.1. The largest absolute Gasteiger partial charge is 0.494 e. The first kappa shape index (κ1) is 32.0. The number of amides is 2. The van der Waals surface area contributed by atoms with Gasteiger partial charge in [0.15, 0.2) is 5.75 Å². The fourth-order valence-electron chi connectivity index (χ4n) is 4.24. The molecule has 0 aliphatic carbocycles. The lowest BCUT2D eigenvalue weighted by atomic mass is 9.85. The van der Waals surface area contributed by atoms with Gasteiger partial charge in [0, 0.05) is 23.6 Å². The second-order valence-electron chi connectivity index (χ2n) is 11.2. The summed E-state index contributed by atoms with van der Waals surface area (Å²) in [5, 5.41) is 5.60. The maximum atomic E-state index is 13.5. The second-order valence-corrected chi connectivity index (χ2v) is 12.9. The standard InChI is InChI=1S/C32H35N5O6S/c1-20-26(30(38)35-23-9-11-25(12-10-23)43-19-21-8-7-13-33-17-21)16-24(18-34-20)36-31(39)27-14-22(32(2,3)4)15-28(29(27)42-5)37-44(6,40)41/h7-18,37H,19H2,1-6H3,(H,35,38)(H,36,39). The molecule has 2 aromatic heterocycles. The quantitative estimate of drug-likeness (QED) is 0.210. The third-order valence-electron chi connectivity index (χ3n) is 6.53. The number of nitrogens with one attached hydrogen (secondary N) is 3.